The van der Waals surface area contributed by atoms with Crippen LogP contribution in [-0.4, -0.2) is 34.2 Å². The van der Waals surface area contributed by atoms with Gasteiger partial charge in [0.05, 0.1) is 5.02 Å². The minimum atomic E-state index is 0.320. The fourth-order valence-electron chi connectivity index (χ4n) is 2.43. The molecule has 0 aromatic carbocycles. The standard InChI is InChI=1S/C13H18ClN5/c1-13(4-6-15-7-5-13)9-16-12-17-11-3-2-10(14)8-19(11)18-12/h2-3,8,15H,4-7,9H2,1H3,(H,16,18). The fraction of sp³-hybridized carbons (Fsp3) is 0.538. The van der Waals surface area contributed by atoms with Gasteiger partial charge in [0.2, 0.25) is 5.95 Å². The normalized spacial score (nSPS) is 18.6. The summed E-state index contributed by atoms with van der Waals surface area (Å²) in [5, 5.41) is 11.8. The Labute approximate surface area is 117 Å². The highest BCUT2D eigenvalue weighted by molar-refractivity contribution is 6.30. The number of nitrogens with one attached hydrogen (secondary N) is 2. The second-order valence-corrected chi connectivity index (χ2v) is 5.94. The van der Waals surface area contributed by atoms with Crippen molar-refractivity contribution in [1.82, 2.24) is 19.9 Å². The van der Waals surface area contributed by atoms with Crippen LogP contribution < -0.4 is 10.6 Å². The molecule has 0 aliphatic carbocycles. The Morgan fingerprint density at radius 3 is 3.00 bits per heavy atom. The molecule has 2 aromatic heterocycles. The van der Waals surface area contributed by atoms with Crippen molar-refractivity contribution in [3.8, 4) is 0 Å². The van der Waals surface area contributed by atoms with E-state index in [9.17, 15) is 0 Å². The van der Waals surface area contributed by atoms with Gasteiger partial charge in [-0.2, -0.15) is 4.98 Å². The molecule has 19 heavy (non-hydrogen) atoms. The maximum Gasteiger partial charge on any atom is 0.243 e. The summed E-state index contributed by atoms with van der Waals surface area (Å²) in [6.07, 6.45) is 4.12. The van der Waals surface area contributed by atoms with Crippen molar-refractivity contribution in [3.05, 3.63) is 23.4 Å². The molecule has 1 saturated heterocycles. The van der Waals surface area contributed by atoms with Crippen LogP contribution >= 0.6 is 11.6 Å². The lowest BCUT2D eigenvalue weighted by atomic mass is 9.81. The third-order valence-electron chi connectivity index (χ3n) is 3.78. The first kappa shape index (κ1) is 12.7. The number of aromatic nitrogens is 3. The molecule has 3 heterocycles. The van der Waals surface area contributed by atoms with E-state index in [4.69, 9.17) is 11.6 Å². The summed E-state index contributed by atoms with van der Waals surface area (Å²) < 4.78 is 1.70. The highest BCUT2D eigenvalue weighted by atomic mass is 35.5. The SMILES string of the molecule is CC1(CNc2nc3ccc(Cl)cn3n2)CCNCC1. The van der Waals surface area contributed by atoms with E-state index in [1.807, 2.05) is 12.1 Å². The molecule has 5 nitrogen and oxygen atoms in total. The molecule has 2 aromatic rings. The summed E-state index contributed by atoms with van der Waals surface area (Å²) in [6, 6.07) is 3.69. The Kier molecular flexibility index (Phi) is 3.33. The van der Waals surface area contributed by atoms with Gasteiger partial charge in [-0.05, 0) is 43.5 Å². The van der Waals surface area contributed by atoms with Crippen molar-refractivity contribution in [3.63, 3.8) is 0 Å². The molecule has 6 heteroatoms. The first-order valence-electron chi connectivity index (χ1n) is 6.61. The third kappa shape index (κ3) is 2.82. The van der Waals surface area contributed by atoms with Crippen LogP contribution in [0.25, 0.3) is 5.65 Å². The number of hydrogen-bond acceptors (Lipinski definition) is 4. The monoisotopic (exact) mass is 279 g/mol. The number of hydrogen-bond donors (Lipinski definition) is 2. The highest BCUT2D eigenvalue weighted by Gasteiger charge is 2.26. The molecular weight excluding hydrogens is 262 g/mol. The minimum Gasteiger partial charge on any atom is -0.352 e. The van der Waals surface area contributed by atoms with Gasteiger partial charge in [-0.3, -0.25) is 0 Å². The van der Waals surface area contributed by atoms with E-state index < -0.39 is 0 Å². The molecule has 2 N–H and O–H groups in total. The van der Waals surface area contributed by atoms with Gasteiger partial charge in [-0.25, -0.2) is 4.52 Å². The summed E-state index contributed by atoms with van der Waals surface area (Å²) >= 11 is 5.93. The van der Waals surface area contributed by atoms with Crippen LogP contribution in [0.2, 0.25) is 5.02 Å². The number of piperidine rings is 1. The molecule has 102 valence electrons. The van der Waals surface area contributed by atoms with Crippen molar-refractivity contribution in [1.29, 1.82) is 0 Å². The van der Waals surface area contributed by atoms with E-state index in [0.29, 0.717) is 16.4 Å². The van der Waals surface area contributed by atoms with E-state index >= 15 is 0 Å². The first-order valence-corrected chi connectivity index (χ1v) is 6.99. The zero-order valence-electron chi connectivity index (χ0n) is 11.0. The molecule has 0 bridgehead atoms. The molecule has 0 amide bonds. The number of fused-ring (bicyclic) bond motifs is 1. The van der Waals surface area contributed by atoms with Crippen molar-refractivity contribution in [2.75, 3.05) is 25.0 Å². The number of rotatable bonds is 3. The van der Waals surface area contributed by atoms with Crippen molar-refractivity contribution in [2.45, 2.75) is 19.8 Å². The molecule has 0 spiro atoms. The molecule has 1 aliphatic rings. The van der Waals surface area contributed by atoms with Gasteiger partial charge in [-0.1, -0.05) is 18.5 Å². The zero-order chi connectivity index (χ0) is 13.3. The first-order chi connectivity index (χ1) is 9.15. The zero-order valence-corrected chi connectivity index (χ0v) is 11.7. The van der Waals surface area contributed by atoms with Crippen molar-refractivity contribution < 1.29 is 0 Å². The lowest BCUT2D eigenvalue weighted by molar-refractivity contribution is 0.247. The quantitative estimate of drug-likeness (QED) is 0.904. The summed E-state index contributed by atoms with van der Waals surface area (Å²) in [6.45, 7) is 5.39. The lowest BCUT2D eigenvalue weighted by Crippen LogP contribution is -2.39. The largest absolute Gasteiger partial charge is 0.352 e. The number of anilines is 1. The van der Waals surface area contributed by atoms with Crippen molar-refractivity contribution >= 4 is 23.2 Å². The number of nitrogens with zero attached hydrogens (tertiary/aromatic N) is 3. The predicted molar refractivity (Wildman–Crippen MR) is 76.7 cm³/mol. The molecule has 1 aliphatic heterocycles. The van der Waals surface area contributed by atoms with Gasteiger partial charge in [0.1, 0.15) is 0 Å². The van der Waals surface area contributed by atoms with Crippen LogP contribution in [0.3, 0.4) is 0 Å². The number of halogens is 1. The third-order valence-corrected chi connectivity index (χ3v) is 4.00. The summed E-state index contributed by atoms with van der Waals surface area (Å²) in [7, 11) is 0. The van der Waals surface area contributed by atoms with Gasteiger partial charge in [0.15, 0.2) is 5.65 Å². The number of pyridine rings is 1. The van der Waals surface area contributed by atoms with Gasteiger partial charge in [0.25, 0.3) is 0 Å². The minimum absolute atomic E-state index is 0.320. The Hall–Kier alpha value is -1.33. The van der Waals surface area contributed by atoms with Crippen LogP contribution in [0.1, 0.15) is 19.8 Å². The van der Waals surface area contributed by atoms with E-state index in [1.165, 1.54) is 12.8 Å². The van der Waals surface area contributed by atoms with Crippen LogP contribution in [0.4, 0.5) is 5.95 Å². The predicted octanol–water partition coefficient (Wildman–Crippen LogP) is 2.18. The fourth-order valence-corrected chi connectivity index (χ4v) is 2.59. The van der Waals surface area contributed by atoms with E-state index in [1.54, 1.807) is 10.7 Å². The Balaban J connectivity index is 1.71. The summed E-state index contributed by atoms with van der Waals surface area (Å²) in [5.74, 6) is 0.669. The summed E-state index contributed by atoms with van der Waals surface area (Å²) in [4.78, 5) is 4.44. The van der Waals surface area contributed by atoms with E-state index in [-0.39, 0.29) is 0 Å². The molecular formula is C13H18ClN5. The molecule has 0 unspecified atom stereocenters. The van der Waals surface area contributed by atoms with Gasteiger partial charge in [-0.15, -0.1) is 5.10 Å². The Bertz CT molecular complexity index is 573. The van der Waals surface area contributed by atoms with Gasteiger partial charge in [0, 0.05) is 12.7 Å². The van der Waals surface area contributed by atoms with Gasteiger partial charge < -0.3 is 10.6 Å². The smallest absolute Gasteiger partial charge is 0.243 e. The molecule has 3 rings (SSSR count). The van der Waals surface area contributed by atoms with Crippen LogP contribution in [0.15, 0.2) is 18.3 Å². The molecule has 0 saturated carbocycles. The van der Waals surface area contributed by atoms with Crippen LogP contribution in [0, 0.1) is 5.41 Å². The Morgan fingerprint density at radius 1 is 1.42 bits per heavy atom. The lowest BCUT2D eigenvalue weighted by Gasteiger charge is -2.33. The molecule has 0 radical (unpaired) electrons. The highest BCUT2D eigenvalue weighted by Crippen LogP contribution is 2.27. The maximum atomic E-state index is 5.93. The average molecular weight is 280 g/mol. The summed E-state index contributed by atoms with van der Waals surface area (Å²) in [5.41, 5.74) is 1.13. The van der Waals surface area contributed by atoms with Crippen LogP contribution in [0.5, 0.6) is 0 Å². The van der Waals surface area contributed by atoms with Gasteiger partial charge >= 0.3 is 0 Å². The molecule has 1 fully saturated rings. The molecule has 0 atom stereocenters. The average Bonchev–Trinajstić information content (AvgIpc) is 2.79. The topological polar surface area (TPSA) is 54.2 Å². The van der Waals surface area contributed by atoms with E-state index in [2.05, 4.69) is 27.6 Å². The maximum absolute atomic E-state index is 5.93. The second-order valence-electron chi connectivity index (χ2n) is 5.50. The second kappa shape index (κ2) is 4.98. The van der Waals surface area contributed by atoms with Crippen molar-refractivity contribution in [2.24, 2.45) is 5.41 Å². The van der Waals surface area contributed by atoms with Crippen LogP contribution in [-0.2, 0) is 0 Å². The van der Waals surface area contributed by atoms with E-state index in [0.717, 1.165) is 25.3 Å². The Morgan fingerprint density at radius 2 is 2.21 bits per heavy atom.